The van der Waals surface area contributed by atoms with Crippen molar-refractivity contribution in [3.05, 3.63) is 28.8 Å². The molecule has 1 fully saturated rings. The van der Waals surface area contributed by atoms with Crippen LogP contribution in [0, 0.1) is 11.3 Å². The maximum atomic E-state index is 9.21. The Kier molecular flexibility index (Phi) is 3.28. The molecule has 1 aromatic rings. The summed E-state index contributed by atoms with van der Waals surface area (Å²) in [5.41, 5.74) is 1.33. The highest BCUT2D eigenvalue weighted by Crippen LogP contribution is 2.32. The van der Waals surface area contributed by atoms with Gasteiger partial charge in [-0.05, 0) is 26.0 Å². The molecule has 1 heterocycles. The predicted molar refractivity (Wildman–Crippen MR) is 68.4 cm³/mol. The molecule has 1 aliphatic heterocycles. The number of rotatable bonds is 1. The van der Waals surface area contributed by atoms with Crippen LogP contribution in [0.15, 0.2) is 18.2 Å². The third kappa shape index (κ3) is 2.24. The first-order valence-electron chi connectivity index (χ1n) is 5.60. The van der Waals surface area contributed by atoms with E-state index >= 15 is 0 Å². The van der Waals surface area contributed by atoms with Gasteiger partial charge in [-0.1, -0.05) is 17.7 Å². The number of ether oxygens (including phenoxy) is 1. The van der Waals surface area contributed by atoms with Crippen molar-refractivity contribution in [1.29, 1.82) is 5.26 Å². The molecule has 2 rings (SSSR count). The molecule has 0 aromatic heterocycles. The molecule has 1 aromatic carbocycles. The summed E-state index contributed by atoms with van der Waals surface area (Å²) in [4.78, 5) is 2.20. The zero-order chi connectivity index (χ0) is 12.5. The highest BCUT2D eigenvalue weighted by atomic mass is 35.5. The lowest BCUT2D eigenvalue weighted by Crippen LogP contribution is -2.53. The molecule has 90 valence electrons. The molecule has 0 spiro atoms. The zero-order valence-electron chi connectivity index (χ0n) is 10.0. The minimum atomic E-state index is -0.117. The van der Waals surface area contributed by atoms with Gasteiger partial charge in [-0.15, -0.1) is 0 Å². The van der Waals surface area contributed by atoms with Gasteiger partial charge in [0, 0.05) is 6.54 Å². The highest BCUT2D eigenvalue weighted by Gasteiger charge is 2.32. The van der Waals surface area contributed by atoms with Gasteiger partial charge in [-0.3, -0.25) is 0 Å². The molecule has 4 heteroatoms. The van der Waals surface area contributed by atoms with Crippen molar-refractivity contribution in [2.45, 2.75) is 19.4 Å². The van der Waals surface area contributed by atoms with E-state index in [-0.39, 0.29) is 5.54 Å². The third-order valence-electron chi connectivity index (χ3n) is 3.04. The van der Waals surface area contributed by atoms with Crippen LogP contribution in [0.5, 0.6) is 0 Å². The standard InChI is InChI=1S/C13H15ClN2O/c1-13(2)9-17-7-6-16(13)12-5-3-4-11(14)10(12)8-15/h3-5H,6-7,9H2,1-2H3. The summed E-state index contributed by atoms with van der Waals surface area (Å²) in [5.74, 6) is 0. The van der Waals surface area contributed by atoms with Gasteiger partial charge in [-0.2, -0.15) is 5.26 Å². The quantitative estimate of drug-likeness (QED) is 0.769. The van der Waals surface area contributed by atoms with Crippen molar-refractivity contribution >= 4 is 17.3 Å². The number of anilines is 1. The smallest absolute Gasteiger partial charge is 0.103 e. The largest absolute Gasteiger partial charge is 0.377 e. The van der Waals surface area contributed by atoms with E-state index in [1.807, 2.05) is 12.1 Å². The molecular formula is C13H15ClN2O. The van der Waals surface area contributed by atoms with Gasteiger partial charge in [0.05, 0.1) is 35.0 Å². The normalized spacial score (nSPS) is 18.8. The van der Waals surface area contributed by atoms with Crippen LogP contribution in [0.25, 0.3) is 0 Å². The zero-order valence-corrected chi connectivity index (χ0v) is 10.8. The summed E-state index contributed by atoms with van der Waals surface area (Å²) in [6.45, 7) is 6.33. The van der Waals surface area contributed by atoms with Crippen LogP contribution in [-0.4, -0.2) is 25.3 Å². The van der Waals surface area contributed by atoms with Crippen LogP contribution < -0.4 is 4.90 Å². The van der Waals surface area contributed by atoms with E-state index in [4.69, 9.17) is 16.3 Å². The van der Waals surface area contributed by atoms with Crippen molar-refractivity contribution in [3.8, 4) is 6.07 Å². The average Bonchev–Trinajstić information content (AvgIpc) is 2.28. The first-order valence-corrected chi connectivity index (χ1v) is 5.98. The van der Waals surface area contributed by atoms with E-state index in [0.29, 0.717) is 23.8 Å². The first-order chi connectivity index (χ1) is 8.06. The molecule has 0 aliphatic carbocycles. The van der Waals surface area contributed by atoms with E-state index in [2.05, 4.69) is 24.8 Å². The van der Waals surface area contributed by atoms with E-state index in [1.165, 1.54) is 0 Å². The minimum absolute atomic E-state index is 0.117. The third-order valence-corrected chi connectivity index (χ3v) is 3.35. The van der Waals surface area contributed by atoms with Crippen LogP contribution >= 0.6 is 11.6 Å². The number of morpholine rings is 1. The Morgan fingerprint density at radius 1 is 1.47 bits per heavy atom. The average molecular weight is 251 g/mol. The molecule has 0 amide bonds. The van der Waals surface area contributed by atoms with Crippen molar-refractivity contribution < 1.29 is 4.74 Å². The second-order valence-electron chi connectivity index (χ2n) is 4.76. The number of halogens is 1. The number of nitriles is 1. The Hall–Kier alpha value is -1.24. The van der Waals surface area contributed by atoms with Gasteiger partial charge < -0.3 is 9.64 Å². The Balaban J connectivity index is 2.46. The number of benzene rings is 1. The second kappa shape index (κ2) is 4.56. The van der Waals surface area contributed by atoms with Gasteiger partial charge in [-0.25, -0.2) is 0 Å². The van der Waals surface area contributed by atoms with Crippen LogP contribution in [0.1, 0.15) is 19.4 Å². The monoisotopic (exact) mass is 250 g/mol. The SMILES string of the molecule is CC1(C)COCCN1c1cccc(Cl)c1C#N. The first kappa shape index (κ1) is 12.2. The highest BCUT2D eigenvalue weighted by molar-refractivity contribution is 6.32. The van der Waals surface area contributed by atoms with Crippen LogP contribution in [0.2, 0.25) is 5.02 Å². The number of hydrogen-bond donors (Lipinski definition) is 0. The molecule has 17 heavy (non-hydrogen) atoms. The van der Waals surface area contributed by atoms with Gasteiger partial charge in [0.15, 0.2) is 0 Å². The summed E-state index contributed by atoms with van der Waals surface area (Å²) in [6, 6.07) is 7.75. The topological polar surface area (TPSA) is 36.3 Å². The molecule has 0 radical (unpaired) electrons. The fraction of sp³-hybridized carbons (Fsp3) is 0.462. The minimum Gasteiger partial charge on any atom is -0.377 e. The maximum Gasteiger partial charge on any atom is 0.103 e. The Labute approximate surface area is 107 Å². The van der Waals surface area contributed by atoms with Crippen LogP contribution in [0.3, 0.4) is 0 Å². The van der Waals surface area contributed by atoms with E-state index in [1.54, 1.807) is 6.07 Å². The van der Waals surface area contributed by atoms with E-state index < -0.39 is 0 Å². The van der Waals surface area contributed by atoms with E-state index in [9.17, 15) is 5.26 Å². The van der Waals surface area contributed by atoms with Crippen LogP contribution in [-0.2, 0) is 4.74 Å². The molecule has 0 N–H and O–H groups in total. The van der Waals surface area contributed by atoms with Gasteiger partial charge >= 0.3 is 0 Å². The van der Waals surface area contributed by atoms with Gasteiger partial charge in [0.25, 0.3) is 0 Å². The molecule has 1 aliphatic rings. The summed E-state index contributed by atoms with van der Waals surface area (Å²) < 4.78 is 5.48. The molecule has 0 unspecified atom stereocenters. The predicted octanol–water partition coefficient (Wildman–Crippen LogP) is 2.83. The molecule has 3 nitrogen and oxygen atoms in total. The Bertz CT molecular complexity index is 465. The summed E-state index contributed by atoms with van der Waals surface area (Å²) in [7, 11) is 0. The van der Waals surface area contributed by atoms with Crippen molar-refractivity contribution in [2.24, 2.45) is 0 Å². The fourth-order valence-corrected chi connectivity index (χ4v) is 2.37. The maximum absolute atomic E-state index is 9.21. The second-order valence-corrected chi connectivity index (χ2v) is 5.17. The summed E-state index contributed by atoms with van der Waals surface area (Å²) in [6.07, 6.45) is 0. The molecule has 0 atom stereocenters. The van der Waals surface area contributed by atoms with Crippen molar-refractivity contribution in [3.63, 3.8) is 0 Å². The molecule has 0 saturated carbocycles. The number of nitrogens with zero attached hydrogens (tertiary/aromatic N) is 2. The lowest BCUT2D eigenvalue weighted by molar-refractivity contribution is 0.0644. The summed E-state index contributed by atoms with van der Waals surface area (Å²) in [5, 5.41) is 9.71. The van der Waals surface area contributed by atoms with Gasteiger partial charge in [0.1, 0.15) is 6.07 Å². The van der Waals surface area contributed by atoms with Gasteiger partial charge in [0.2, 0.25) is 0 Å². The lowest BCUT2D eigenvalue weighted by Gasteiger charge is -2.44. The van der Waals surface area contributed by atoms with E-state index in [0.717, 1.165) is 12.2 Å². The Morgan fingerprint density at radius 3 is 2.88 bits per heavy atom. The number of hydrogen-bond acceptors (Lipinski definition) is 3. The summed E-state index contributed by atoms with van der Waals surface area (Å²) >= 11 is 6.06. The molecule has 0 bridgehead atoms. The van der Waals surface area contributed by atoms with Crippen molar-refractivity contribution in [1.82, 2.24) is 0 Å². The fourth-order valence-electron chi connectivity index (χ4n) is 2.15. The van der Waals surface area contributed by atoms with Crippen molar-refractivity contribution in [2.75, 3.05) is 24.7 Å². The lowest BCUT2D eigenvalue weighted by atomic mass is 10.00. The molecular weight excluding hydrogens is 236 g/mol. The van der Waals surface area contributed by atoms with Crippen LogP contribution in [0.4, 0.5) is 5.69 Å². The Morgan fingerprint density at radius 2 is 2.24 bits per heavy atom. The molecule has 1 saturated heterocycles.